The molecule has 2 N–H and O–H groups in total. The van der Waals surface area contributed by atoms with Crippen molar-refractivity contribution in [1.82, 2.24) is 8.61 Å². The van der Waals surface area contributed by atoms with Crippen LogP contribution in [0.3, 0.4) is 0 Å². The minimum absolute atomic E-state index is 0.201. The summed E-state index contributed by atoms with van der Waals surface area (Å²) in [7, 11) is -1.61. The van der Waals surface area contributed by atoms with E-state index in [1.165, 1.54) is 4.31 Å². The Morgan fingerprint density at radius 1 is 1.40 bits per heavy atom. The predicted molar refractivity (Wildman–Crippen MR) is 60.6 cm³/mol. The molecule has 1 aliphatic heterocycles. The summed E-state index contributed by atoms with van der Waals surface area (Å²) >= 11 is 0. The maximum absolute atomic E-state index is 12.0. The van der Waals surface area contributed by atoms with Crippen LogP contribution in [0.5, 0.6) is 0 Å². The van der Waals surface area contributed by atoms with Gasteiger partial charge in [-0.05, 0) is 25.3 Å². The lowest BCUT2D eigenvalue weighted by Gasteiger charge is -2.25. The average Bonchev–Trinajstić information content (AvgIpc) is 2.70. The van der Waals surface area contributed by atoms with Crippen molar-refractivity contribution in [3.05, 3.63) is 0 Å². The van der Waals surface area contributed by atoms with Gasteiger partial charge in [-0.25, -0.2) is 0 Å². The van der Waals surface area contributed by atoms with Crippen molar-refractivity contribution in [3.63, 3.8) is 0 Å². The molecule has 1 fully saturated rings. The molecule has 0 radical (unpaired) electrons. The van der Waals surface area contributed by atoms with Gasteiger partial charge in [0.05, 0.1) is 0 Å². The van der Waals surface area contributed by atoms with Gasteiger partial charge in [0.1, 0.15) is 0 Å². The van der Waals surface area contributed by atoms with E-state index < -0.39 is 10.2 Å². The van der Waals surface area contributed by atoms with E-state index in [2.05, 4.69) is 0 Å². The fraction of sp³-hybridized carbons (Fsp3) is 1.00. The molecule has 15 heavy (non-hydrogen) atoms. The molecule has 1 unspecified atom stereocenters. The minimum Gasteiger partial charge on any atom is -0.330 e. The highest BCUT2D eigenvalue weighted by Crippen LogP contribution is 2.15. The summed E-state index contributed by atoms with van der Waals surface area (Å²) in [6.07, 6.45) is 1.94. The molecular weight excluding hydrogens is 214 g/mol. The van der Waals surface area contributed by atoms with E-state index in [9.17, 15) is 8.42 Å². The summed E-state index contributed by atoms with van der Waals surface area (Å²) in [4.78, 5) is 0. The Kier molecular flexibility index (Phi) is 4.51. The van der Waals surface area contributed by atoms with Crippen molar-refractivity contribution in [2.45, 2.75) is 19.8 Å². The molecule has 6 heteroatoms. The molecule has 0 bridgehead atoms. The second kappa shape index (κ2) is 5.25. The molecule has 1 aliphatic rings. The van der Waals surface area contributed by atoms with Gasteiger partial charge < -0.3 is 5.73 Å². The molecule has 0 aromatic rings. The van der Waals surface area contributed by atoms with Crippen LogP contribution < -0.4 is 5.73 Å². The predicted octanol–water partition coefficient (Wildman–Crippen LogP) is -0.146. The monoisotopic (exact) mass is 235 g/mol. The molecule has 1 heterocycles. The van der Waals surface area contributed by atoms with Crippen molar-refractivity contribution in [2.24, 2.45) is 11.7 Å². The fourth-order valence-corrected chi connectivity index (χ4v) is 3.28. The van der Waals surface area contributed by atoms with E-state index in [1.54, 1.807) is 11.4 Å². The smallest absolute Gasteiger partial charge is 0.281 e. The summed E-state index contributed by atoms with van der Waals surface area (Å²) in [6.45, 7) is 4.28. The first-order valence-electron chi connectivity index (χ1n) is 5.40. The van der Waals surface area contributed by atoms with Crippen molar-refractivity contribution in [3.8, 4) is 0 Å². The fourth-order valence-electron chi connectivity index (χ4n) is 1.72. The molecule has 0 spiro atoms. The third kappa shape index (κ3) is 3.14. The van der Waals surface area contributed by atoms with E-state index in [-0.39, 0.29) is 5.92 Å². The van der Waals surface area contributed by atoms with Crippen LogP contribution in [0.25, 0.3) is 0 Å². The Morgan fingerprint density at radius 2 is 1.93 bits per heavy atom. The highest BCUT2D eigenvalue weighted by Gasteiger charge is 2.29. The minimum atomic E-state index is -3.23. The van der Waals surface area contributed by atoms with Gasteiger partial charge in [-0.1, -0.05) is 6.92 Å². The summed E-state index contributed by atoms with van der Waals surface area (Å²) in [5.74, 6) is 0.201. The highest BCUT2D eigenvalue weighted by atomic mass is 32.2. The second-order valence-corrected chi connectivity index (χ2v) is 6.27. The molecule has 5 nitrogen and oxygen atoms in total. The van der Waals surface area contributed by atoms with Gasteiger partial charge in [0.25, 0.3) is 10.2 Å². The average molecular weight is 235 g/mol. The Labute approximate surface area is 92.4 Å². The lowest BCUT2D eigenvalue weighted by Crippen LogP contribution is -2.42. The van der Waals surface area contributed by atoms with Crippen LogP contribution in [0.15, 0.2) is 0 Å². The Morgan fingerprint density at radius 3 is 2.40 bits per heavy atom. The maximum Gasteiger partial charge on any atom is 0.281 e. The largest absolute Gasteiger partial charge is 0.330 e. The molecular formula is C9H21N3O2S. The number of hydrogen-bond donors (Lipinski definition) is 1. The lowest BCUT2D eigenvalue weighted by molar-refractivity contribution is 0.361. The summed E-state index contributed by atoms with van der Waals surface area (Å²) in [5.41, 5.74) is 5.48. The van der Waals surface area contributed by atoms with Crippen molar-refractivity contribution in [1.29, 1.82) is 0 Å². The van der Waals surface area contributed by atoms with Crippen LogP contribution in [0, 0.1) is 5.92 Å². The van der Waals surface area contributed by atoms with Gasteiger partial charge in [0, 0.05) is 26.7 Å². The first-order chi connectivity index (χ1) is 6.98. The first-order valence-corrected chi connectivity index (χ1v) is 6.79. The molecule has 90 valence electrons. The lowest BCUT2D eigenvalue weighted by atomic mass is 10.2. The molecule has 1 saturated heterocycles. The number of nitrogens with zero attached hydrogens (tertiary/aromatic N) is 2. The van der Waals surface area contributed by atoms with Gasteiger partial charge in [-0.15, -0.1) is 0 Å². The van der Waals surface area contributed by atoms with Crippen LogP contribution in [0.1, 0.15) is 19.8 Å². The van der Waals surface area contributed by atoms with E-state index in [1.807, 2.05) is 6.92 Å². The Bertz CT molecular complexity index is 286. The molecule has 0 saturated carbocycles. The summed E-state index contributed by atoms with van der Waals surface area (Å²) in [5, 5.41) is 0. The zero-order valence-corrected chi connectivity index (χ0v) is 10.3. The molecule has 0 amide bonds. The Hall–Kier alpha value is -0.170. The SMILES string of the molecule is CC(CN)CN(C)S(=O)(=O)N1CCCC1. The van der Waals surface area contributed by atoms with Crippen LogP contribution in [0.2, 0.25) is 0 Å². The third-order valence-electron chi connectivity index (χ3n) is 2.76. The summed E-state index contributed by atoms with van der Waals surface area (Å²) < 4.78 is 27.0. The molecule has 0 aliphatic carbocycles. The van der Waals surface area contributed by atoms with Crippen LogP contribution in [-0.4, -0.2) is 50.3 Å². The summed E-state index contributed by atoms with van der Waals surface area (Å²) in [6, 6.07) is 0. The van der Waals surface area contributed by atoms with E-state index in [4.69, 9.17) is 5.73 Å². The van der Waals surface area contributed by atoms with Crippen LogP contribution in [0.4, 0.5) is 0 Å². The van der Waals surface area contributed by atoms with Crippen LogP contribution >= 0.6 is 0 Å². The third-order valence-corrected chi connectivity index (χ3v) is 4.71. The van der Waals surface area contributed by atoms with Crippen molar-refractivity contribution < 1.29 is 8.42 Å². The van der Waals surface area contributed by atoms with Gasteiger partial charge >= 0.3 is 0 Å². The molecule has 1 atom stereocenters. The first kappa shape index (κ1) is 12.9. The quantitative estimate of drug-likeness (QED) is 0.721. The zero-order chi connectivity index (χ0) is 11.5. The molecule has 1 rings (SSSR count). The highest BCUT2D eigenvalue weighted by molar-refractivity contribution is 7.86. The van der Waals surface area contributed by atoms with Crippen molar-refractivity contribution >= 4 is 10.2 Å². The number of nitrogens with two attached hydrogens (primary N) is 1. The van der Waals surface area contributed by atoms with E-state index >= 15 is 0 Å². The zero-order valence-electron chi connectivity index (χ0n) is 9.52. The topological polar surface area (TPSA) is 66.6 Å². The molecule has 0 aromatic carbocycles. The number of hydrogen-bond acceptors (Lipinski definition) is 3. The van der Waals surface area contributed by atoms with Crippen molar-refractivity contribution in [2.75, 3.05) is 33.2 Å². The van der Waals surface area contributed by atoms with E-state index in [0.29, 0.717) is 26.2 Å². The number of rotatable bonds is 5. The van der Waals surface area contributed by atoms with Gasteiger partial charge in [0.2, 0.25) is 0 Å². The van der Waals surface area contributed by atoms with Gasteiger partial charge in [-0.2, -0.15) is 17.0 Å². The Balaban J connectivity index is 2.60. The normalized spacial score (nSPS) is 21.1. The maximum atomic E-state index is 12.0. The van der Waals surface area contributed by atoms with Crippen LogP contribution in [-0.2, 0) is 10.2 Å². The molecule has 0 aromatic heterocycles. The van der Waals surface area contributed by atoms with Gasteiger partial charge in [0.15, 0.2) is 0 Å². The second-order valence-electron chi connectivity index (χ2n) is 4.24. The standard InChI is InChI=1S/C9H21N3O2S/c1-9(7-10)8-11(2)15(13,14)12-5-3-4-6-12/h9H,3-8,10H2,1-2H3. The van der Waals surface area contributed by atoms with Gasteiger partial charge in [-0.3, -0.25) is 0 Å². The van der Waals surface area contributed by atoms with E-state index in [0.717, 1.165) is 12.8 Å².